The second-order valence-corrected chi connectivity index (χ2v) is 9.11. The number of rotatable bonds is 7. The standard InChI is InChI=1S/C25H26F3N3O2/c26-15-8-18-14(11-30-23(18)21(28)9-15)4-7-22(13-2-1-3-13)31-16-10-19-20(27)6-5-17(25(29)32)24(19)33-12-16/h5-6,8-9,11,13,16,22,30-31H,1-4,7,10,12H2,(H2,29,32). The Morgan fingerprint density at radius 1 is 1.21 bits per heavy atom. The minimum Gasteiger partial charge on any atom is -0.491 e. The van der Waals surface area contributed by atoms with Gasteiger partial charge < -0.3 is 20.8 Å². The van der Waals surface area contributed by atoms with Crippen molar-refractivity contribution in [3.8, 4) is 5.75 Å². The summed E-state index contributed by atoms with van der Waals surface area (Å²) in [4.78, 5) is 14.6. The van der Waals surface area contributed by atoms with Gasteiger partial charge in [0.1, 0.15) is 29.8 Å². The van der Waals surface area contributed by atoms with Crippen LogP contribution in [-0.2, 0) is 12.8 Å². The van der Waals surface area contributed by atoms with Gasteiger partial charge >= 0.3 is 0 Å². The number of hydrogen-bond donors (Lipinski definition) is 3. The van der Waals surface area contributed by atoms with Gasteiger partial charge in [-0.15, -0.1) is 0 Å². The average molecular weight is 457 g/mol. The fraction of sp³-hybridized carbons (Fsp3) is 0.400. The van der Waals surface area contributed by atoms with E-state index in [9.17, 15) is 18.0 Å². The molecule has 3 aromatic rings. The van der Waals surface area contributed by atoms with E-state index in [1.807, 2.05) is 0 Å². The number of carbonyl (C=O) groups is 1. The number of nitrogens with two attached hydrogens (primary N) is 1. The molecule has 2 aliphatic rings. The lowest BCUT2D eigenvalue weighted by molar-refractivity contribution is 0.0992. The molecular weight excluding hydrogens is 431 g/mol. The molecule has 1 aliphatic heterocycles. The smallest absolute Gasteiger partial charge is 0.252 e. The van der Waals surface area contributed by atoms with Crippen molar-refractivity contribution in [2.24, 2.45) is 11.7 Å². The third-order valence-electron chi connectivity index (χ3n) is 7.03. The minimum absolute atomic E-state index is 0.112. The van der Waals surface area contributed by atoms with Gasteiger partial charge in [0.05, 0.1) is 11.1 Å². The Morgan fingerprint density at radius 3 is 2.76 bits per heavy atom. The van der Waals surface area contributed by atoms with Crippen molar-refractivity contribution in [2.45, 2.75) is 50.6 Å². The molecule has 4 N–H and O–H groups in total. The fourth-order valence-corrected chi connectivity index (χ4v) is 5.08. The molecule has 1 aliphatic carbocycles. The van der Waals surface area contributed by atoms with E-state index in [1.54, 1.807) is 6.20 Å². The minimum atomic E-state index is -0.642. The molecule has 8 heteroatoms. The molecule has 2 atom stereocenters. The quantitative estimate of drug-likeness (QED) is 0.493. The molecule has 2 unspecified atom stereocenters. The number of hydrogen-bond acceptors (Lipinski definition) is 3. The largest absolute Gasteiger partial charge is 0.491 e. The van der Waals surface area contributed by atoms with Gasteiger partial charge in [-0.1, -0.05) is 6.42 Å². The van der Waals surface area contributed by atoms with E-state index >= 15 is 0 Å². The summed E-state index contributed by atoms with van der Waals surface area (Å²) in [5.41, 5.74) is 7.15. The van der Waals surface area contributed by atoms with E-state index in [0.717, 1.165) is 30.9 Å². The van der Waals surface area contributed by atoms with Crippen LogP contribution in [0.1, 0.15) is 47.2 Å². The Hall–Kier alpha value is -3.00. The summed E-state index contributed by atoms with van der Waals surface area (Å²) in [6.07, 6.45) is 6.97. The van der Waals surface area contributed by atoms with Gasteiger partial charge in [-0.2, -0.15) is 0 Å². The van der Waals surface area contributed by atoms with E-state index in [-0.39, 0.29) is 23.4 Å². The number of aryl methyl sites for hydroxylation is 1. The zero-order valence-corrected chi connectivity index (χ0v) is 18.1. The number of amides is 1. The van der Waals surface area contributed by atoms with Crippen LogP contribution in [0.25, 0.3) is 10.9 Å². The number of H-pyrrole nitrogens is 1. The SMILES string of the molecule is NC(=O)c1ccc(F)c2c1OCC(NC(CCc1c[nH]c3c(F)cc(F)cc13)C1CCC1)C2. The van der Waals surface area contributed by atoms with E-state index in [4.69, 9.17) is 10.5 Å². The number of carbonyl (C=O) groups excluding carboxylic acids is 1. The molecule has 1 fully saturated rings. The van der Waals surface area contributed by atoms with Crippen LogP contribution in [0.2, 0.25) is 0 Å². The highest BCUT2D eigenvalue weighted by Crippen LogP contribution is 2.35. The van der Waals surface area contributed by atoms with Gasteiger partial charge in [0.25, 0.3) is 5.91 Å². The van der Waals surface area contributed by atoms with Crippen LogP contribution in [0, 0.1) is 23.4 Å². The van der Waals surface area contributed by atoms with Gasteiger partial charge in [0.15, 0.2) is 0 Å². The zero-order chi connectivity index (χ0) is 23.1. The highest BCUT2D eigenvalue weighted by Gasteiger charge is 2.32. The lowest BCUT2D eigenvalue weighted by Crippen LogP contribution is -2.49. The number of aromatic nitrogens is 1. The first-order valence-electron chi connectivity index (χ1n) is 11.4. The lowest BCUT2D eigenvalue weighted by atomic mass is 9.77. The van der Waals surface area contributed by atoms with E-state index in [0.29, 0.717) is 41.8 Å². The maximum Gasteiger partial charge on any atom is 0.252 e. The first kappa shape index (κ1) is 21.8. The van der Waals surface area contributed by atoms with Gasteiger partial charge in [-0.25, -0.2) is 13.2 Å². The number of ether oxygens (including phenoxy) is 1. The van der Waals surface area contributed by atoms with Crippen molar-refractivity contribution in [3.05, 3.63) is 64.6 Å². The summed E-state index contributed by atoms with van der Waals surface area (Å²) in [5, 5.41) is 4.21. The average Bonchev–Trinajstić information content (AvgIpc) is 3.14. The Morgan fingerprint density at radius 2 is 2.03 bits per heavy atom. The molecule has 1 aromatic heterocycles. The number of primary amides is 1. The van der Waals surface area contributed by atoms with Crippen molar-refractivity contribution in [1.82, 2.24) is 10.3 Å². The van der Waals surface area contributed by atoms with Crippen LogP contribution >= 0.6 is 0 Å². The maximum absolute atomic E-state index is 14.5. The third kappa shape index (κ3) is 4.19. The van der Waals surface area contributed by atoms with Crippen LogP contribution in [0.5, 0.6) is 5.75 Å². The summed E-state index contributed by atoms with van der Waals surface area (Å²) in [6, 6.07) is 4.90. The fourth-order valence-electron chi connectivity index (χ4n) is 5.08. The number of nitrogens with one attached hydrogen (secondary N) is 2. The van der Waals surface area contributed by atoms with Crippen LogP contribution in [0.4, 0.5) is 13.2 Å². The summed E-state index contributed by atoms with van der Waals surface area (Å²) >= 11 is 0. The van der Waals surface area contributed by atoms with Crippen LogP contribution in [0.15, 0.2) is 30.5 Å². The molecule has 33 heavy (non-hydrogen) atoms. The Labute approximate surface area is 189 Å². The molecular formula is C25H26F3N3O2. The molecule has 174 valence electrons. The summed E-state index contributed by atoms with van der Waals surface area (Å²) in [7, 11) is 0. The highest BCUT2D eigenvalue weighted by molar-refractivity contribution is 5.96. The third-order valence-corrected chi connectivity index (χ3v) is 7.03. The topological polar surface area (TPSA) is 80.1 Å². The molecule has 0 spiro atoms. The molecule has 0 radical (unpaired) electrons. The van der Waals surface area contributed by atoms with Crippen molar-refractivity contribution < 1.29 is 22.7 Å². The molecule has 0 saturated heterocycles. The summed E-state index contributed by atoms with van der Waals surface area (Å²) < 4.78 is 48.1. The molecule has 0 bridgehead atoms. The molecule has 5 nitrogen and oxygen atoms in total. The molecule has 1 saturated carbocycles. The second kappa shape index (κ2) is 8.74. The van der Waals surface area contributed by atoms with E-state index in [1.165, 1.54) is 24.6 Å². The van der Waals surface area contributed by atoms with Gasteiger partial charge in [0, 0.05) is 35.3 Å². The van der Waals surface area contributed by atoms with Gasteiger partial charge in [-0.05, 0) is 61.8 Å². The zero-order valence-electron chi connectivity index (χ0n) is 18.1. The Kier molecular flexibility index (Phi) is 5.78. The predicted octanol–water partition coefficient (Wildman–Crippen LogP) is 4.38. The summed E-state index contributed by atoms with van der Waals surface area (Å²) in [5.74, 6) is -1.51. The molecule has 1 amide bonds. The summed E-state index contributed by atoms with van der Waals surface area (Å²) in [6.45, 7) is 0.309. The number of fused-ring (bicyclic) bond motifs is 2. The second-order valence-electron chi connectivity index (χ2n) is 9.11. The first-order chi connectivity index (χ1) is 15.9. The van der Waals surface area contributed by atoms with Gasteiger partial charge in [-0.3, -0.25) is 4.79 Å². The van der Waals surface area contributed by atoms with E-state index in [2.05, 4.69) is 10.3 Å². The molecule has 5 rings (SSSR count). The Balaban J connectivity index is 1.31. The number of benzene rings is 2. The van der Waals surface area contributed by atoms with E-state index < -0.39 is 23.4 Å². The normalized spacial score (nSPS) is 19.1. The Bertz CT molecular complexity index is 1210. The predicted molar refractivity (Wildman–Crippen MR) is 119 cm³/mol. The van der Waals surface area contributed by atoms with Gasteiger partial charge in [0.2, 0.25) is 0 Å². The number of aromatic amines is 1. The van der Waals surface area contributed by atoms with Crippen molar-refractivity contribution >= 4 is 16.8 Å². The van der Waals surface area contributed by atoms with Crippen molar-refractivity contribution in [3.63, 3.8) is 0 Å². The molecule has 2 aromatic carbocycles. The monoisotopic (exact) mass is 457 g/mol. The highest BCUT2D eigenvalue weighted by atomic mass is 19.1. The number of halogens is 3. The van der Waals surface area contributed by atoms with Crippen molar-refractivity contribution in [2.75, 3.05) is 6.61 Å². The van der Waals surface area contributed by atoms with Crippen LogP contribution in [0.3, 0.4) is 0 Å². The van der Waals surface area contributed by atoms with Crippen LogP contribution < -0.4 is 15.8 Å². The van der Waals surface area contributed by atoms with Crippen LogP contribution in [-0.4, -0.2) is 29.6 Å². The molecule has 2 heterocycles. The maximum atomic E-state index is 14.5. The lowest BCUT2D eigenvalue weighted by Gasteiger charge is -2.38. The van der Waals surface area contributed by atoms with Crippen molar-refractivity contribution in [1.29, 1.82) is 0 Å². The first-order valence-corrected chi connectivity index (χ1v) is 11.4.